The first-order valence-corrected chi connectivity index (χ1v) is 17.5. The van der Waals surface area contributed by atoms with Crippen molar-refractivity contribution >= 4 is 29.5 Å². The second kappa shape index (κ2) is 18.2. The number of nitrogens with zero attached hydrogens (tertiary/aromatic N) is 1. The first-order valence-electron chi connectivity index (χ1n) is 17.5. The summed E-state index contributed by atoms with van der Waals surface area (Å²) in [5.41, 5.74) is -0.551. The molecule has 0 aliphatic carbocycles. The number of aliphatic carboxylic acids is 3. The van der Waals surface area contributed by atoms with E-state index in [9.17, 15) is 24.3 Å². The molecule has 3 aliphatic heterocycles. The molecule has 57 heavy (non-hydrogen) atoms. The van der Waals surface area contributed by atoms with E-state index in [-0.39, 0.29) is 18.8 Å². The SMILES string of the molecule is COc1ccc(C2(O)OC(=O)C(c3ccc4c(c3)OCO4)=C2Cc2cc(OC)c(OC)c(OCCN3CCOCC3)c2)cc1.O=C(O)CC(O)(CC(=O)O)C(=O)O. The fourth-order valence-electron chi connectivity index (χ4n) is 6.36. The summed E-state index contributed by atoms with van der Waals surface area (Å²) in [5, 5.41) is 45.9. The second-order valence-electron chi connectivity index (χ2n) is 13.0. The molecule has 5 N–H and O–H groups in total. The first-order chi connectivity index (χ1) is 27.2. The molecule has 6 rings (SSSR count). The maximum atomic E-state index is 13.5. The lowest BCUT2D eigenvalue weighted by atomic mass is 9.88. The Morgan fingerprint density at radius 1 is 0.842 bits per heavy atom. The Balaban J connectivity index is 0.000000411. The van der Waals surface area contributed by atoms with E-state index in [1.807, 2.05) is 6.07 Å². The minimum atomic E-state index is -2.74. The molecule has 0 spiro atoms. The van der Waals surface area contributed by atoms with Gasteiger partial charge in [-0.25, -0.2) is 9.59 Å². The van der Waals surface area contributed by atoms with Gasteiger partial charge < -0.3 is 63.4 Å². The highest BCUT2D eigenvalue weighted by molar-refractivity contribution is 6.20. The van der Waals surface area contributed by atoms with Crippen molar-refractivity contribution in [2.75, 3.05) is 67.6 Å². The number of esters is 1. The molecule has 0 radical (unpaired) electrons. The molecule has 18 nitrogen and oxygen atoms in total. The summed E-state index contributed by atoms with van der Waals surface area (Å²) in [6.07, 6.45) is -2.17. The summed E-state index contributed by atoms with van der Waals surface area (Å²) in [7, 11) is 4.66. The first kappa shape index (κ1) is 42.1. The zero-order chi connectivity index (χ0) is 41.3. The standard InChI is InChI=1S/C33H35NO10.C6H8O7/c1-37-24-7-5-23(6-8-24)33(36)25(30(32(35)44-33)22-4-9-26-27(19-22)43-20-42-26)16-21-17-28(38-2)31(39-3)29(18-21)41-15-12-34-10-13-40-14-11-34;7-3(8)1-6(13,5(11)12)2-4(9)10/h4-9,17-19,36H,10-16,20H2,1-3H3;13H,1-2H2,(H,7,8)(H,9,10)(H,11,12). The number of rotatable bonds is 16. The molecular weight excluding hydrogens is 754 g/mol. The summed E-state index contributed by atoms with van der Waals surface area (Å²) in [4.78, 5) is 46.3. The number of carboxylic acid groups (broad SMARTS) is 3. The van der Waals surface area contributed by atoms with Gasteiger partial charge in [0.15, 0.2) is 28.6 Å². The number of ether oxygens (including phenoxy) is 8. The molecule has 3 aromatic carbocycles. The smallest absolute Gasteiger partial charge is 0.342 e. The van der Waals surface area contributed by atoms with Crippen LogP contribution in [0.2, 0.25) is 0 Å². The van der Waals surface area contributed by atoms with E-state index in [1.165, 1.54) is 0 Å². The van der Waals surface area contributed by atoms with Gasteiger partial charge >= 0.3 is 23.9 Å². The molecule has 0 saturated carbocycles. The third-order valence-corrected chi connectivity index (χ3v) is 9.24. The highest BCUT2D eigenvalue weighted by atomic mass is 16.7. The number of fused-ring (bicyclic) bond motifs is 1. The molecule has 3 aromatic rings. The van der Waals surface area contributed by atoms with Gasteiger partial charge in [0.2, 0.25) is 12.5 Å². The van der Waals surface area contributed by atoms with Crippen molar-refractivity contribution in [2.24, 2.45) is 0 Å². The van der Waals surface area contributed by atoms with Gasteiger partial charge in [0.05, 0.1) is 53.0 Å². The van der Waals surface area contributed by atoms with Crippen molar-refractivity contribution in [3.8, 4) is 34.5 Å². The summed E-state index contributed by atoms with van der Waals surface area (Å²) in [5.74, 6) is -4.67. The summed E-state index contributed by atoms with van der Waals surface area (Å²) in [6, 6.07) is 15.6. The molecule has 0 amide bonds. The van der Waals surface area contributed by atoms with Crippen LogP contribution in [0.4, 0.5) is 0 Å². The molecule has 1 fully saturated rings. The monoisotopic (exact) mass is 797 g/mol. The Hall–Kier alpha value is -6.08. The largest absolute Gasteiger partial charge is 0.497 e. The predicted octanol–water partition coefficient (Wildman–Crippen LogP) is 2.30. The minimum absolute atomic E-state index is 0.0882. The van der Waals surface area contributed by atoms with Crippen molar-refractivity contribution in [1.82, 2.24) is 4.90 Å². The van der Waals surface area contributed by atoms with Crippen molar-refractivity contribution < 1.29 is 82.6 Å². The highest BCUT2D eigenvalue weighted by Gasteiger charge is 2.48. The lowest BCUT2D eigenvalue weighted by molar-refractivity contribution is -0.185. The van der Waals surface area contributed by atoms with E-state index in [0.29, 0.717) is 76.6 Å². The molecule has 1 atom stereocenters. The fourth-order valence-corrected chi connectivity index (χ4v) is 6.36. The van der Waals surface area contributed by atoms with Gasteiger partial charge in [-0.3, -0.25) is 14.5 Å². The molecule has 306 valence electrons. The summed E-state index contributed by atoms with van der Waals surface area (Å²) < 4.78 is 45.1. The Morgan fingerprint density at radius 2 is 1.49 bits per heavy atom. The van der Waals surface area contributed by atoms with Crippen LogP contribution >= 0.6 is 0 Å². The van der Waals surface area contributed by atoms with Crippen LogP contribution in [0, 0.1) is 0 Å². The highest BCUT2D eigenvalue weighted by Crippen LogP contribution is 2.48. The van der Waals surface area contributed by atoms with E-state index in [4.69, 9.17) is 58.3 Å². The topological polar surface area (TPSA) is 247 Å². The van der Waals surface area contributed by atoms with E-state index < -0.39 is 48.1 Å². The quantitative estimate of drug-likeness (QED) is 0.131. The number of methoxy groups -OCH3 is 3. The number of hydrogen-bond donors (Lipinski definition) is 5. The zero-order valence-corrected chi connectivity index (χ0v) is 31.3. The third-order valence-electron chi connectivity index (χ3n) is 9.24. The molecule has 1 unspecified atom stereocenters. The van der Waals surface area contributed by atoms with Gasteiger partial charge in [-0.05, 0) is 59.7 Å². The number of cyclic esters (lactones) is 1. The number of carbonyl (C=O) groups excluding carboxylic acids is 1. The van der Waals surface area contributed by atoms with Crippen molar-refractivity contribution in [1.29, 1.82) is 0 Å². The molecule has 0 bridgehead atoms. The molecule has 18 heteroatoms. The number of carbonyl (C=O) groups is 4. The number of carboxylic acids is 3. The van der Waals surface area contributed by atoms with Crippen LogP contribution < -0.4 is 28.4 Å². The second-order valence-corrected chi connectivity index (χ2v) is 13.0. The van der Waals surface area contributed by atoms with Crippen LogP contribution in [-0.2, 0) is 40.9 Å². The average Bonchev–Trinajstić information content (AvgIpc) is 3.75. The third kappa shape index (κ3) is 9.84. The lowest BCUT2D eigenvalue weighted by Gasteiger charge is -2.27. The van der Waals surface area contributed by atoms with E-state index in [0.717, 1.165) is 19.6 Å². The van der Waals surface area contributed by atoms with Crippen LogP contribution in [0.1, 0.15) is 29.5 Å². The Kier molecular flexibility index (Phi) is 13.5. The van der Waals surface area contributed by atoms with Crippen molar-refractivity contribution in [2.45, 2.75) is 30.7 Å². The van der Waals surface area contributed by atoms with Gasteiger partial charge in [0.1, 0.15) is 12.4 Å². The Labute approximate surface area is 326 Å². The van der Waals surface area contributed by atoms with Crippen LogP contribution in [0.25, 0.3) is 5.57 Å². The Morgan fingerprint density at radius 3 is 2.09 bits per heavy atom. The number of hydrogen-bond acceptors (Lipinski definition) is 15. The maximum absolute atomic E-state index is 13.5. The molecular formula is C39H43NO17. The van der Waals surface area contributed by atoms with Crippen molar-refractivity contribution in [3.63, 3.8) is 0 Å². The number of aliphatic hydroxyl groups is 2. The van der Waals surface area contributed by atoms with Crippen LogP contribution in [-0.4, -0.2) is 127 Å². The van der Waals surface area contributed by atoms with Gasteiger partial charge in [-0.15, -0.1) is 0 Å². The van der Waals surface area contributed by atoms with Crippen LogP contribution in [0.5, 0.6) is 34.5 Å². The summed E-state index contributed by atoms with van der Waals surface area (Å²) >= 11 is 0. The Bertz CT molecular complexity index is 1970. The lowest BCUT2D eigenvalue weighted by Crippen LogP contribution is -2.42. The number of benzene rings is 3. The summed E-state index contributed by atoms with van der Waals surface area (Å²) in [6.45, 7) is 4.32. The van der Waals surface area contributed by atoms with E-state index in [1.54, 1.807) is 69.9 Å². The van der Waals surface area contributed by atoms with Crippen LogP contribution in [0.15, 0.2) is 60.2 Å². The van der Waals surface area contributed by atoms with Crippen molar-refractivity contribution in [3.05, 3.63) is 76.9 Å². The van der Waals surface area contributed by atoms with Gasteiger partial charge in [0, 0.05) is 37.2 Å². The van der Waals surface area contributed by atoms with E-state index in [2.05, 4.69) is 4.90 Å². The molecule has 3 heterocycles. The minimum Gasteiger partial charge on any atom is -0.497 e. The molecule has 3 aliphatic rings. The van der Waals surface area contributed by atoms with Crippen LogP contribution in [0.3, 0.4) is 0 Å². The average molecular weight is 798 g/mol. The van der Waals surface area contributed by atoms with Gasteiger partial charge in [0.25, 0.3) is 5.79 Å². The van der Waals surface area contributed by atoms with Gasteiger partial charge in [-0.1, -0.05) is 6.07 Å². The fraction of sp³-hybridized carbons (Fsp3) is 0.385. The van der Waals surface area contributed by atoms with E-state index >= 15 is 0 Å². The molecule has 0 aromatic heterocycles. The predicted molar refractivity (Wildman–Crippen MR) is 196 cm³/mol. The number of morpholine rings is 1. The zero-order valence-electron chi connectivity index (χ0n) is 31.3. The van der Waals surface area contributed by atoms with Gasteiger partial charge in [-0.2, -0.15) is 0 Å². The molecule has 1 saturated heterocycles. The maximum Gasteiger partial charge on any atom is 0.342 e. The normalized spacial score (nSPS) is 17.6.